The normalized spacial score (nSPS) is 17.4. The second kappa shape index (κ2) is 2.96. The van der Waals surface area contributed by atoms with Crippen LogP contribution in [0.5, 0.6) is 0 Å². The molecule has 0 aliphatic carbocycles. The van der Waals surface area contributed by atoms with Gasteiger partial charge in [0.15, 0.2) is 0 Å². The van der Waals surface area contributed by atoms with E-state index in [2.05, 4.69) is 16.2 Å². The molecule has 11 heavy (non-hydrogen) atoms. The zero-order chi connectivity index (χ0) is 8.32. The average Bonchev–Trinajstić information content (AvgIpc) is 2.39. The minimum absolute atomic E-state index is 0.247. The molecule has 0 aromatic rings. The molecule has 2 heteroatoms. The van der Waals surface area contributed by atoms with Gasteiger partial charge >= 0.3 is 0 Å². The molecule has 0 atom stereocenters. The number of nitrogens with zero attached hydrogens (tertiary/aromatic N) is 1. The van der Waals surface area contributed by atoms with Gasteiger partial charge in [-0.15, -0.1) is 6.42 Å². The van der Waals surface area contributed by atoms with Crippen LogP contribution in [0.25, 0.3) is 0 Å². The highest BCUT2D eigenvalue weighted by Crippen LogP contribution is 2.06. The van der Waals surface area contributed by atoms with Crippen molar-refractivity contribution in [1.82, 2.24) is 5.32 Å². The second-order valence-corrected chi connectivity index (χ2v) is 3.33. The van der Waals surface area contributed by atoms with E-state index in [4.69, 9.17) is 6.42 Å². The largest absolute Gasteiger partial charge is 0.358 e. The van der Waals surface area contributed by atoms with Gasteiger partial charge in [0.25, 0.3) is 0 Å². The Morgan fingerprint density at radius 1 is 1.64 bits per heavy atom. The van der Waals surface area contributed by atoms with Gasteiger partial charge in [-0.25, -0.2) is 0 Å². The Morgan fingerprint density at radius 2 is 2.36 bits per heavy atom. The minimum Gasteiger partial charge on any atom is -0.358 e. The number of aliphatic imine (C=N–C) groups is 1. The maximum atomic E-state index is 5.32. The van der Waals surface area contributed by atoms with Gasteiger partial charge in [-0.05, 0) is 20.3 Å². The molecule has 0 spiro atoms. The van der Waals surface area contributed by atoms with E-state index >= 15 is 0 Å². The minimum atomic E-state index is -0.247. The van der Waals surface area contributed by atoms with Crippen molar-refractivity contribution in [3.05, 3.63) is 0 Å². The quantitative estimate of drug-likeness (QED) is 0.558. The van der Waals surface area contributed by atoms with E-state index in [1.54, 1.807) is 0 Å². The predicted molar refractivity (Wildman–Crippen MR) is 47.6 cm³/mol. The number of amidine groups is 1. The zero-order valence-electron chi connectivity index (χ0n) is 7.15. The van der Waals surface area contributed by atoms with Crippen LogP contribution in [-0.2, 0) is 0 Å². The summed E-state index contributed by atoms with van der Waals surface area (Å²) in [5.74, 6) is 3.74. The van der Waals surface area contributed by atoms with Crippen LogP contribution in [0.3, 0.4) is 0 Å². The fourth-order valence-corrected chi connectivity index (χ4v) is 1.04. The Hall–Kier alpha value is -0.970. The molecule has 0 aromatic heterocycles. The molecule has 1 aliphatic heterocycles. The molecular weight excluding hydrogens is 136 g/mol. The molecule has 0 fully saturated rings. The molecule has 0 saturated carbocycles. The molecule has 1 aliphatic rings. The van der Waals surface area contributed by atoms with Gasteiger partial charge in [0.2, 0.25) is 0 Å². The maximum Gasteiger partial charge on any atom is 0.0975 e. The molecule has 2 nitrogen and oxygen atoms in total. The summed E-state index contributed by atoms with van der Waals surface area (Å²) < 4.78 is 0. The van der Waals surface area contributed by atoms with E-state index in [-0.39, 0.29) is 5.54 Å². The highest BCUT2D eigenvalue weighted by atomic mass is 15.1. The Bertz CT molecular complexity index is 208. The molecule has 60 valence electrons. The third kappa shape index (κ3) is 2.27. The monoisotopic (exact) mass is 150 g/mol. The van der Waals surface area contributed by atoms with E-state index in [0.29, 0.717) is 0 Å². The van der Waals surface area contributed by atoms with Gasteiger partial charge in [-0.3, -0.25) is 4.99 Å². The first-order valence-corrected chi connectivity index (χ1v) is 3.93. The van der Waals surface area contributed by atoms with E-state index < -0.39 is 0 Å². The van der Waals surface area contributed by atoms with Crippen molar-refractivity contribution in [2.75, 3.05) is 6.54 Å². The summed E-state index contributed by atoms with van der Waals surface area (Å²) in [5, 5.41) is 3.22. The molecule has 0 saturated heterocycles. The van der Waals surface area contributed by atoms with Crippen LogP contribution in [-0.4, -0.2) is 17.9 Å². The SMILES string of the molecule is C#CC(C)(C)NC1=NCCC1. The molecule has 1 N–H and O–H groups in total. The van der Waals surface area contributed by atoms with Crippen molar-refractivity contribution in [3.8, 4) is 12.3 Å². The van der Waals surface area contributed by atoms with Gasteiger partial charge in [0.05, 0.1) is 11.4 Å². The summed E-state index contributed by atoms with van der Waals surface area (Å²) in [6.45, 7) is 4.91. The smallest absolute Gasteiger partial charge is 0.0975 e. The molecule has 0 aromatic carbocycles. The number of hydrogen-bond donors (Lipinski definition) is 1. The van der Waals surface area contributed by atoms with Crippen LogP contribution in [0.15, 0.2) is 4.99 Å². The van der Waals surface area contributed by atoms with Gasteiger partial charge in [0.1, 0.15) is 0 Å². The number of rotatable bonds is 1. The summed E-state index contributed by atoms with van der Waals surface area (Å²) in [5.41, 5.74) is -0.247. The lowest BCUT2D eigenvalue weighted by atomic mass is 10.1. The molecule has 0 bridgehead atoms. The lowest BCUT2D eigenvalue weighted by molar-refractivity contribution is 0.595. The summed E-state index contributed by atoms with van der Waals surface area (Å²) in [7, 11) is 0. The number of terminal acetylenes is 1. The first-order valence-electron chi connectivity index (χ1n) is 3.93. The second-order valence-electron chi connectivity index (χ2n) is 3.33. The molecule has 1 heterocycles. The Balaban J connectivity index is 2.48. The lowest BCUT2D eigenvalue weighted by Crippen LogP contribution is -2.41. The van der Waals surface area contributed by atoms with Crippen molar-refractivity contribution in [2.45, 2.75) is 32.2 Å². The fraction of sp³-hybridized carbons (Fsp3) is 0.667. The highest BCUT2D eigenvalue weighted by Gasteiger charge is 2.16. The van der Waals surface area contributed by atoms with Gasteiger partial charge in [-0.1, -0.05) is 5.92 Å². The van der Waals surface area contributed by atoms with Crippen molar-refractivity contribution in [2.24, 2.45) is 4.99 Å². The van der Waals surface area contributed by atoms with Gasteiger partial charge < -0.3 is 5.32 Å². The predicted octanol–water partition coefficient (Wildman–Crippen LogP) is 1.18. The lowest BCUT2D eigenvalue weighted by Gasteiger charge is -2.20. The van der Waals surface area contributed by atoms with Crippen LogP contribution >= 0.6 is 0 Å². The van der Waals surface area contributed by atoms with E-state index in [1.165, 1.54) is 0 Å². The fourth-order valence-electron chi connectivity index (χ4n) is 1.04. The van der Waals surface area contributed by atoms with Crippen LogP contribution in [0, 0.1) is 12.3 Å². The van der Waals surface area contributed by atoms with Crippen LogP contribution in [0.1, 0.15) is 26.7 Å². The van der Waals surface area contributed by atoms with Crippen LogP contribution < -0.4 is 5.32 Å². The first-order chi connectivity index (χ1) is 5.14. The Kier molecular flexibility index (Phi) is 2.19. The summed E-state index contributed by atoms with van der Waals surface area (Å²) in [6.07, 6.45) is 7.52. The summed E-state index contributed by atoms with van der Waals surface area (Å²) in [4.78, 5) is 4.28. The molecule has 0 amide bonds. The van der Waals surface area contributed by atoms with Crippen molar-refractivity contribution in [3.63, 3.8) is 0 Å². The van der Waals surface area contributed by atoms with Crippen molar-refractivity contribution < 1.29 is 0 Å². The highest BCUT2D eigenvalue weighted by molar-refractivity contribution is 5.84. The van der Waals surface area contributed by atoms with Gasteiger partial charge in [0, 0.05) is 13.0 Å². The standard InChI is InChI=1S/C9H14N2/c1-4-9(2,3)11-8-6-5-7-10-8/h1H,5-7H2,2-3H3,(H,10,11). The van der Waals surface area contributed by atoms with Gasteiger partial charge in [-0.2, -0.15) is 0 Å². The third-order valence-corrected chi connectivity index (χ3v) is 1.69. The molecular formula is C9H14N2. The molecule has 0 radical (unpaired) electrons. The first kappa shape index (κ1) is 8.13. The maximum absolute atomic E-state index is 5.32. The van der Waals surface area contributed by atoms with Crippen molar-refractivity contribution >= 4 is 5.84 Å². The summed E-state index contributed by atoms with van der Waals surface area (Å²) >= 11 is 0. The number of hydrogen-bond acceptors (Lipinski definition) is 2. The average molecular weight is 150 g/mol. The van der Waals surface area contributed by atoms with E-state index in [9.17, 15) is 0 Å². The zero-order valence-corrected chi connectivity index (χ0v) is 7.15. The topological polar surface area (TPSA) is 24.4 Å². The van der Waals surface area contributed by atoms with Crippen LogP contribution in [0.2, 0.25) is 0 Å². The Labute approximate surface area is 68.1 Å². The Morgan fingerprint density at radius 3 is 2.82 bits per heavy atom. The molecule has 0 unspecified atom stereocenters. The number of nitrogens with one attached hydrogen (secondary N) is 1. The van der Waals surface area contributed by atoms with Crippen LogP contribution in [0.4, 0.5) is 0 Å². The van der Waals surface area contributed by atoms with Crippen molar-refractivity contribution in [1.29, 1.82) is 0 Å². The van der Waals surface area contributed by atoms with E-state index in [1.807, 2.05) is 13.8 Å². The van der Waals surface area contributed by atoms with E-state index in [0.717, 1.165) is 25.2 Å². The summed E-state index contributed by atoms with van der Waals surface area (Å²) in [6, 6.07) is 0. The third-order valence-electron chi connectivity index (χ3n) is 1.69. The molecule has 1 rings (SSSR count).